The van der Waals surface area contributed by atoms with Gasteiger partial charge in [0.15, 0.2) is 0 Å². The molecule has 2 N–H and O–H groups in total. The monoisotopic (exact) mass is 431 g/mol. The van der Waals surface area contributed by atoms with Crippen LogP contribution in [0.15, 0.2) is 48.5 Å². The Kier molecular flexibility index (Phi) is 8.21. The predicted octanol–water partition coefficient (Wildman–Crippen LogP) is 7.06. The first-order chi connectivity index (χ1) is 15.5. The quantitative estimate of drug-likeness (QED) is 0.349. The van der Waals surface area contributed by atoms with Crippen LogP contribution in [0.5, 0.6) is 5.75 Å². The number of nitrogens with two attached hydrogens (primary N) is 1. The Morgan fingerprint density at radius 3 is 2.22 bits per heavy atom. The lowest BCUT2D eigenvalue weighted by atomic mass is 9.93. The Hall–Kier alpha value is -3.39. The molecular weight excluding hydrogens is 401 g/mol. The average Bonchev–Trinajstić information content (AvgIpc) is 2.80. The Balaban J connectivity index is 1.79. The van der Waals surface area contributed by atoms with Crippen molar-refractivity contribution in [2.24, 2.45) is 0 Å². The molecule has 5 heteroatoms. The summed E-state index contributed by atoms with van der Waals surface area (Å²) in [5, 5.41) is 9.71. The van der Waals surface area contributed by atoms with Gasteiger partial charge >= 0.3 is 0 Å². The van der Waals surface area contributed by atoms with E-state index in [0.717, 1.165) is 34.4 Å². The summed E-state index contributed by atoms with van der Waals surface area (Å²) in [7, 11) is 0. The number of ether oxygens (including phenoxy) is 1. The van der Waals surface area contributed by atoms with E-state index >= 15 is 0 Å². The number of hydrogen-bond acceptors (Lipinski definition) is 4. The van der Waals surface area contributed by atoms with Gasteiger partial charge in [-0.2, -0.15) is 5.26 Å². The largest absolute Gasteiger partial charge is 0.494 e. The molecule has 0 spiro atoms. The van der Waals surface area contributed by atoms with Crippen molar-refractivity contribution in [2.75, 3.05) is 12.3 Å². The maximum atomic E-state index is 13.4. The van der Waals surface area contributed by atoms with Crippen molar-refractivity contribution in [3.05, 3.63) is 65.5 Å². The van der Waals surface area contributed by atoms with Crippen LogP contribution in [-0.4, -0.2) is 11.6 Å². The van der Waals surface area contributed by atoms with Crippen LogP contribution in [0, 0.1) is 24.1 Å². The number of halogens is 1. The summed E-state index contributed by atoms with van der Waals surface area (Å²) in [4.78, 5) is 4.43. The number of aromatic nitrogens is 1. The van der Waals surface area contributed by atoms with Crippen LogP contribution in [0.3, 0.4) is 0 Å². The summed E-state index contributed by atoms with van der Waals surface area (Å²) in [5.41, 5.74) is 10.3. The first kappa shape index (κ1) is 23.3. The lowest BCUT2D eigenvalue weighted by molar-refractivity contribution is 0.304. The summed E-state index contributed by atoms with van der Waals surface area (Å²) < 4.78 is 19.2. The molecule has 3 rings (SSSR count). The molecule has 2 aromatic carbocycles. The minimum Gasteiger partial charge on any atom is -0.494 e. The molecule has 0 aliphatic rings. The van der Waals surface area contributed by atoms with Crippen molar-refractivity contribution in [3.63, 3.8) is 0 Å². The SMILES string of the molecule is CCCCCCCCOc1ccc(-c2c(C)c(-c3ccc(F)cc3)nc(N)c2C#N)cc1. The Labute approximate surface area is 189 Å². The van der Waals surface area contributed by atoms with Crippen LogP contribution in [0.4, 0.5) is 10.2 Å². The summed E-state index contributed by atoms with van der Waals surface area (Å²) in [6.45, 7) is 4.83. The first-order valence-electron chi connectivity index (χ1n) is 11.2. The van der Waals surface area contributed by atoms with Crippen LogP contribution in [0.2, 0.25) is 0 Å². The lowest BCUT2D eigenvalue weighted by Crippen LogP contribution is -2.03. The maximum absolute atomic E-state index is 13.4. The molecule has 0 bridgehead atoms. The van der Waals surface area contributed by atoms with E-state index in [1.807, 2.05) is 31.2 Å². The van der Waals surface area contributed by atoms with Crippen molar-refractivity contribution in [1.82, 2.24) is 4.98 Å². The molecule has 3 aromatic rings. The number of hydrogen-bond donors (Lipinski definition) is 1. The predicted molar refractivity (Wildman–Crippen MR) is 128 cm³/mol. The molecule has 0 radical (unpaired) electrons. The van der Waals surface area contributed by atoms with Crippen LogP contribution in [0.1, 0.15) is 56.6 Å². The molecule has 0 saturated carbocycles. The van der Waals surface area contributed by atoms with Crippen molar-refractivity contribution in [3.8, 4) is 34.2 Å². The Bertz CT molecular complexity index is 1070. The molecule has 0 atom stereocenters. The molecule has 0 fully saturated rings. The number of anilines is 1. The zero-order valence-corrected chi connectivity index (χ0v) is 18.8. The van der Waals surface area contributed by atoms with Gasteiger partial charge in [-0.25, -0.2) is 9.37 Å². The van der Waals surface area contributed by atoms with Gasteiger partial charge in [-0.05, 0) is 60.9 Å². The third kappa shape index (κ3) is 5.64. The van der Waals surface area contributed by atoms with Crippen LogP contribution < -0.4 is 10.5 Å². The molecule has 32 heavy (non-hydrogen) atoms. The molecule has 0 aliphatic heterocycles. The smallest absolute Gasteiger partial charge is 0.142 e. The van der Waals surface area contributed by atoms with Gasteiger partial charge in [0.1, 0.15) is 29.0 Å². The fraction of sp³-hybridized carbons (Fsp3) is 0.333. The molecule has 0 saturated heterocycles. The standard InChI is InChI=1S/C27H30FN3O/c1-3-4-5-6-7-8-17-32-23-15-11-20(12-16-23)25-19(2)26(31-27(30)24(25)18-29)21-9-13-22(28)14-10-21/h9-16H,3-8,17H2,1-2H3,(H2,30,31). The summed E-state index contributed by atoms with van der Waals surface area (Å²) in [6, 6.07) is 16.0. The highest BCUT2D eigenvalue weighted by atomic mass is 19.1. The Morgan fingerprint density at radius 2 is 1.56 bits per heavy atom. The van der Waals surface area contributed by atoms with Crippen LogP contribution >= 0.6 is 0 Å². The lowest BCUT2D eigenvalue weighted by Gasteiger charge is -2.15. The summed E-state index contributed by atoms with van der Waals surface area (Å²) in [5.74, 6) is 0.653. The number of pyridine rings is 1. The normalized spacial score (nSPS) is 10.7. The second-order valence-electron chi connectivity index (χ2n) is 7.98. The van der Waals surface area contributed by atoms with Gasteiger partial charge in [0.2, 0.25) is 0 Å². The van der Waals surface area contributed by atoms with E-state index in [1.165, 1.54) is 44.2 Å². The Morgan fingerprint density at radius 1 is 0.938 bits per heavy atom. The minimum atomic E-state index is -0.315. The number of nitriles is 1. The number of rotatable bonds is 10. The molecule has 1 heterocycles. The van der Waals surface area contributed by atoms with Gasteiger partial charge in [-0.3, -0.25) is 0 Å². The maximum Gasteiger partial charge on any atom is 0.142 e. The second-order valence-corrected chi connectivity index (χ2v) is 7.98. The summed E-state index contributed by atoms with van der Waals surface area (Å²) in [6.07, 6.45) is 7.34. The highest BCUT2D eigenvalue weighted by molar-refractivity contribution is 5.84. The second kappa shape index (κ2) is 11.3. The summed E-state index contributed by atoms with van der Waals surface area (Å²) >= 11 is 0. The van der Waals surface area contributed by atoms with E-state index in [2.05, 4.69) is 18.0 Å². The van der Waals surface area contributed by atoms with Crippen molar-refractivity contribution in [1.29, 1.82) is 5.26 Å². The molecule has 0 unspecified atom stereocenters. The molecule has 1 aromatic heterocycles. The van der Waals surface area contributed by atoms with Crippen molar-refractivity contribution in [2.45, 2.75) is 52.4 Å². The molecule has 0 aliphatic carbocycles. The molecule has 166 valence electrons. The fourth-order valence-corrected chi connectivity index (χ4v) is 3.85. The zero-order valence-electron chi connectivity index (χ0n) is 18.8. The van der Waals surface area contributed by atoms with E-state index in [4.69, 9.17) is 10.5 Å². The number of nitrogen functional groups attached to an aromatic ring is 1. The highest BCUT2D eigenvalue weighted by Crippen LogP contribution is 2.36. The number of nitrogens with zero attached hydrogens (tertiary/aromatic N) is 2. The minimum absolute atomic E-state index is 0.163. The average molecular weight is 432 g/mol. The van der Waals surface area contributed by atoms with Crippen molar-refractivity contribution < 1.29 is 9.13 Å². The highest BCUT2D eigenvalue weighted by Gasteiger charge is 2.18. The van der Waals surface area contributed by atoms with Gasteiger partial charge < -0.3 is 10.5 Å². The fourth-order valence-electron chi connectivity index (χ4n) is 3.85. The van der Waals surface area contributed by atoms with Crippen molar-refractivity contribution >= 4 is 5.82 Å². The topological polar surface area (TPSA) is 71.9 Å². The van der Waals surface area contributed by atoms with E-state index < -0.39 is 0 Å². The van der Waals surface area contributed by atoms with Gasteiger partial charge in [0.05, 0.1) is 12.3 Å². The van der Waals surface area contributed by atoms with Gasteiger partial charge in [0, 0.05) is 11.1 Å². The van der Waals surface area contributed by atoms with Gasteiger partial charge in [-0.1, -0.05) is 51.2 Å². The molecular formula is C27H30FN3O. The van der Waals surface area contributed by atoms with E-state index in [9.17, 15) is 9.65 Å². The molecule has 0 amide bonds. The molecule has 4 nitrogen and oxygen atoms in total. The van der Waals surface area contributed by atoms with Gasteiger partial charge in [0.25, 0.3) is 0 Å². The van der Waals surface area contributed by atoms with Crippen LogP contribution in [-0.2, 0) is 0 Å². The first-order valence-corrected chi connectivity index (χ1v) is 11.2. The van der Waals surface area contributed by atoms with E-state index in [0.29, 0.717) is 17.9 Å². The number of unbranched alkanes of at least 4 members (excludes halogenated alkanes) is 5. The third-order valence-corrected chi connectivity index (χ3v) is 5.61. The zero-order chi connectivity index (χ0) is 22.9. The van der Waals surface area contributed by atoms with Crippen LogP contribution in [0.25, 0.3) is 22.4 Å². The van der Waals surface area contributed by atoms with Gasteiger partial charge in [-0.15, -0.1) is 0 Å². The van der Waals surface area contributed by atoms with E-state index in [-0.39, 0.29) is 11.6 Å². The van der Waals surface area contributed by atoms with E-state index in [1.54, 1.807) is 12.1 Å². The number of benzene rings is 2. The third-order valence-electron chi connectivity index (χ3n) is 5.61.